The van der Waals surface area contributed by atoms with Crippen molar-refractivity contribution in [2.45, 2.75) is 12.1 Å². The number of methoxy groups -OCH3 is 1. The molecule has 0 saturated carbocycles. The third-order valence-corrected chi connectivity index (χ3v) is 7.57. The van der Waals surface area contributed by atoms with Crippen molar-refractivity contribution in [1.29, 1.82) is 0 Å². The van der Waals surface area contributed by atoms with Gasteiger partial charge < -0.3 is 29.2 Å². The standard InChI is InChI=1S/C30H29N5O3S/c1-37-29(36)23-7-2-3-9-25(23)34-16-6-10-26(34)28-27(24-8-4-5-15-31-24)32-30(39)35(28)22-13-11-21(12-14-22)33-17-19-38-20-18-33/h2-16,27-28H,17-20H2,1H3,(H,32,39)/t27-,28+/m1/s1. The summed E-state index contributed by atoms with van der Waals surface area (Å²) >= 11 is 5.93. The van der Waals surface area contributed by atoms with E-state index >= 15 is 0 Å². The number of aromatic nitrogens is 2. The second-order valence-corrected chi connectivity index (χ2v) is 9.81. The highest BCUT2D eigenvalue weighted by Crippen LogP contribution is 2.42. The van der Waals surface area contributed by atoms with Gasteiger partial charge in [0.25, 0.3) is 0 Å². The van der Waals surface area contributed by atoms with E-state index in [1.807, 2.05) is 53.2 Å². The largest absolute Gasteiger partial charge is 0.465 e. The van der Waals surface area contributed by atoms with Crippen LogP contribution in [-0.2, 0) is 9.47 Å². The molecule has 4 aromatic rings. The highest BCUT2D eigenvalue weighted by atomic mass is 32.1. The molecule has 9 heteroatoms. The Morgan fingerprint density at radius 2 is 1.72 bits per heavy atom. The number of nitrogens with one attached hydrogen (secondary N) is 1. The van der Waals surface area contributed by atoms with Crippen LogP contribution in [0.2, 0.25) is 0 Å². The molecule has 1 N–H and O–H groups in total. The van der Waals surface area contributed by atoms with Crippen LogP contribution in [0.1, 0.15) is 33.8 Å². The Kier molecular flexibility index (Phi) is 7.00. The van der Waals surface area contributed by atoms with Gasteiger partial charge in [-0.25, -0.2) is 4.79 Å². The number of hydrogen-bond acceptors (Lipinski definition) is 6. The third-order valence-electron chi connectivity index (χ3n) is 7.25. The summed E-state index contributed by atoms with van der Waals surface area (Å²) in [5.74, 6) is -0.387. The Balaban J connectivity index is 1.44. The number of para-hydroxylation sites is 1. The third kappa shape index (κ3) is 4.75. The minimum Gasteiger partial charge on any atom is -0.465 e. The highest BCUT2D eigenvalue weighted by molar-refractivity contribution is 7.80. The molecule has 2 saturated heterocycles. The van der Waals surface area contributed by atoms with E-state index in [2.05, 4.69) is 50.4 Å². The van der Waals surface area contributed by atoms with Gasteiger partial charge in [-0.15, -0.1) is 0 Å². The van der Waals surface area contributed by atoms with Gasteiger partial charge in [0.05, 0.1) is 43.3 Å². The summed E-state index contributed by atoms with van der Waals surface area (Å²) in [6, 6.07) is 25.5. The predicted molar refractivity (Wildman–Crippen MR) is 155 cm³/mol. The number of nitrogens with zero attached hydrogens (tertiary/aromatic N) is 4. The Morgan fingerprint density at radius 3 is 2.46 bits per heavy atom. The van der Waals surface area contributed by atoms with Crippen LogP contribution in [0.3, 0.4) is 0 Å². The summed E-state index contributed by atoms with van der Waals surface area (Å²) in [7, 11) is 1.40. The smallest absolute Gasteiger partial charge is 0.339 e. The first-order valence-corrected chi connectivity index (χ1v) is 13.3. The molecule has 0 spiro atoms. The van der Waals surface area contributed by atoms with Crippen LogP contribution < -0.4 is 15.1 Å². The van der Waals surface area contributed by atoms with Gasteiger partial charge in [-0.05, 0) is 72.9 Å². The normalized spacial score (nSPS) is 19.2. The molecule has 0 unspecified atom stereocenters. The zero-order valence-electron chi connectivity index (χ0n) is 21.6. The minimum absolute atomic E-state index is 0.212. The lowest BCUT2D eigenvalue weighted by Gasteiger charge is -2.31. The number of anilines is 2. The van der Waals surface area contributed by atoms with Gasteiger partial charge >= 0.3 is 5.97 Å². The van der Waals surface area contributed by atoms with Gasteiger partial charge in [0.15, 0.2) is 5.11 Å². The van der Waals surface area contributed by atoms with E-state index in [1.165, 1.54) is 7.11 Å². The zero-order valence-corrected chi connectivity index (χ0v) is 22.4. The van der Waals surface area contributed by atoms with Crippen molar-refractivity contribution >= 4 is 34.7 Å². The van der Waals surface area contributed by atoms with Crippen LogP contribution in [0.15, 0.2) is 91.3 Å². The van der Waals surface area contributed by atoms with Crippen molar-refractivity contribution in [3.05, 3.63) is 108 Å². The van der Waals surface area contributed by atoms with E-state index in [9.17, 15) is 4.79 Å². The molecule has 2 aromatic heterocycles. The van der Waals surface area contributed by atoms with Crippen LogP contribution in [0.25, 0.3) is 5.69 Å². The number of morpholine rings is 1. The van der Waals surface area contributed by atoms with Crippen molar-refractivity contribution in [1.82, 2.24) is 14.9 Å². The van der Waals surface area contributed by atoms with E-state index < -0.39 is 0 Å². The average Bonchev–Trinajstić information content (AvgIpc) is 3.62. The van der Waals surface area contributed by atoms with Crippen molar-refractivity contribution in [3.8, 4) is 5.69 Å². The Labute approximate surface area is 232 Å². The second-order valence-electron chi connectivity index (χ2n) is 9.42. The fourth-order valence-electron chi connectivity index (χ4n) is 5.40. The monoisotopic (exact) mass is 539 g/mol. The maximum atomic E-state index is 12.6. The predicted octanol–water partition coefficient (Wildman–Crippen LogP) is 4.67. The minimum atomic E-state index is -0.387. The van der Waals surface area contributed by atoms with Gasteiger partial charge in [-0.1, -0.05) is 18.2 Å². The highest BCUT2D eigenvalue weighted by Gasteiger charge is 2.42. The molecule has 2 aliphatic heterocycles. The number of carbonyl (C=O) groups excluding carboxylic acids is 1. The number of ether oxygens (including phenoxy) is 2. The molecule has 2 atom stereocenters. The first-order valence-electron chi connectivity index (χ1n) is 12.9. The van der Waals surface area contributed by atoms with E-state index in [0.717, 1.165) is 54.8 Å². The van der Waals surface area contributed by atoms with Crippen LogP contribution in [0.4, 0.5) is 11.4 Å². The summed E-state index contributed by atoms with van der Waals surface area (Å²) in [4.78, 5) is 21.8. The SMILES string of the molecule is COC(=O)c1ccccc1-n1cccc1[C@H]1[C@@H](c2ccccn2)NC(=S)N1c1ccc(N2CCOCC2)cc1. The summed E-state index contributed by atoms with van der Waals surface area (Å²) in [6.07, 6.45) is 3.76. The fraction of sp³-hybridized carbons (Fsp3) is 0.233. The lowest BCUT2D eigenvalue weighted by atomic mass is 10.0. The van der Waals surface area contributed by atoms with E-state index in [1.54, 1.807) is 12.3 Å². The Morgan fingerprint density at radius 1 is 0.974 bits per heavy atom. The van der Waals surface area contributed by atoms with Crippen molar-refractivity contribution in [2.24, 2.45) is 0 Å². The number of rotatable bonds is 6. The molecular formula is C30H29N5O3S. The second kappa shape index (κ2) is 10.9. The summed E-state index contributed by atoms with van der Waals surface area (Å²) in [5, 5.41) is 4.14. The number of hydrogen-bond donors (Lipinski definition) is 1. The molecule has 0 aliphatic carbocycles. The molecule has 39 heavy (non-hydrogen) atoms. The lowest BCUT2D eigenvalue weighted by Crippen LogP contribution is -2.36. The molecule has 6 rings (SSSR count). The van der Waals surface area contributed by atoms with Gasteiger partial charge in [-0.2, -0.15) is 0 Å². The van der Waals surface area contributed by atoms with Gasteiger partial charge in [0.1, 0.15) is 6.04 Å². The Hall–Kier alpha value is -4.21. The lowest BCUT2D eigenvalue weighted by molar-refractivity contribution is 0.0600. The first-order chi connectivity index (χ1) is 19.2. The molecule has 0 amide bonds. The number of thiocarbonyl (C=S) groups is 1. The van der Waals surface area contributed by atoms with Crippen LogP contribution in [-0.4, -0.2) is 54.0 Å². The van der Waals surface area contributed by atoms with Crippen molar-refractivity contribution < 1.29 is 14.3 Å². The number of carbonyl (C=O) groups is 1. The Bertz CT molecular complexity index is 1470. The topological polar surface area (TPSA) is 71.9 Å². The molecule has 8 nitrogen and oxygen atoms in total. The summed E-state index contributed by atoms with van der Waals surface area (Å²) in [5.41, 5.74) is 5.21. The molecule has 2 aromatic carbocycles. The fourth-order valence-corrected chi connectivity index (χ4v) is 5.75. The molecule has 0 radical (unpaired) electrons. The van der Waals surface area contributed by atoms with Crippen LogP contribution in [0, 0.1) is 0 Å². The molecule has 2 fully saturated rings. The maximum Gasteiger partial charge on any atom is 0.339 e. The molecular weight excluding hydrogens is 510 g/mol. The molecule has 2 aliphatic rings. The number of esters is 1. The first kappa shape index (κ1) is 25.1. The maximum absolute atomic E-state index is 12.6. The summed E-state index contributed by atoms with van der Waals surface area (Å²) in [6.45, 7) is 3.22. The van der Waals surface area contributed by atoms with E-state index in [4.69, 9.17) is 21.7 Å². The van der Waals surface area contributed by atoms with Gasteiger partial charge in [-0.3, -0.25) is 4.98 Å². The molecule has 198 valence electrons. The average molecular weight is 540 g/mol. The number of pyridine rings is 1. The van der Waals surface area contributed by atoms with Crippen molar-refractivity contribution in [2.75, 3.05) is 43.2 Å². The van der Waals surface area contributed by atoms with E-state index in [-0.39, 0.29) is 18.1 Å². The van der Waals surface area contributed by atoms with E-state index in [0.29, 0.717) is 10.7 Å². The zero-order chi connectivity index (χ0) is 26.8. The molecule has 4 heterocycles. The van der Waals surface area contributed by atoms with Crippen LogP contribution in [0.5, 0.6) is 0 Å². The van der Waals surface area contributed by atoms with Crippen LogP contribution >= 0.6 is 12.2 Å². The van der Waals surface area contributed by atoms with Gasteiger partial charge in [0.2, 0.25) is 0 Å². The molecule has 0 bridgehead atoms. The number of benzene rings is 2. The summed E-state index contributed by atoms with van der Waals surface area (Å²) < 4.78 is 12.6. The van der Waals surface area contributed by atoms with Crippen molar-refractivity contribution in [3.63, 3.8) is 0 Å². The van der Waals surface area contributed by atoms with Gasteiger partial charge in [0, 0.05) is 42.6 Å². The quantitative estimate of drug-likeness (QED) is 0.280.